The van der Waals surface area contributed by atoms with Crippen molar-refractivity contribution in [2.75, 3.05) is 9.44 Å². The summed E-state index contributed by atoms with van der Waals surface area (Å²) in [5, 5.41) is 5.22. The van der Waals surface area contributed by atoms with Gasteiger partial charge in [0.1, 0.15) is 9.97 Å². The van der Waals surface area contributed by atoms with Crippen LogP contribution in [0, 0.1) is 6.92 Å². The number of hydrogen-bond donors (Lipinski definition) is 2. The highest BCUT2D eigenvalue weighted by Gasteiger charge is 2.18. The fourth-order valence-electron chi connectivity index (χ4n) is 1.94. The van der Waals surface area contributed by atoms with Crippen molar-refractivity contribution >= 4 is 42.9 Å². The topological polar surface area (TPSA) is 118 Å². The standard InChI is InChI=1S/C14H13N3O5S3/c1-10-9-13(15-22-10)17-24(18,19)12-6-4-11(5-7-12)16-25(20,21)14-3-2-8-23-14/h2-9,16H,1H3,(H,15,17). The molecule has 0 fully saturated rings. The lowest BCUT2D eigenvalue weighted by Crippen LogP contribution is -2.14. The van der Waals surface area contributed by atoms with Crippen molar-refractivity contribution in [3.05, 3.63) is 53.6 Å². The molecule has 0 saturated heterocycles. The number of aryl methyl sites for hydroxylation is 1. The van der Waals surface area contributed by atoms with E-state index in [2.05, 4.69) is 14.6 Å². The SMILES string of the molecule is Cc1cc(NS(=O)(=O)c2ccc(NS(=O)(=O)c3cccs3)cc2)no1. The molecule has 0 amide bonds. The third kappa shape index (κ3) is 4.00. The second kappa shape index (κ2) is 6.50. The monoisotopic (exact) mass is 399 g/mol. The third-order valence-corrected chi connectivity index (χ3v) is 7.19. The van der Waals surface area contributed by atoms with Gasteiger partial charge in [0.2, 0.25) is 0 Å². The Bertz CT molecular complexity index is 1070. The van der Waals surface area contributed by atoms with Crippen LogP contribution in [0.15, 0.2) is 61.5 Å². The van der Waals surface area contributed by atoms with Crippen molar-refractivity contribution in [1.82, 2.24) is 5.16 Å². The molecule has 25 heavy (non-hydrogen) atoms. The summed E-state index contributed by atoms with van der Waals surface area (Å²) in [6.45, 7) is 1.64. The number of thiophene rings is 1. The van der Waals surface area contributed by atoms with Gasteiger partial charge >= 0.3 is 0 Å². The molecule has 2 heterocycles. The predicted molar refractivity (Wildman–Crippen MR) is 93.6 cm³/mol. The average molecular weight is 399 g/mol. The van der Waals surface area contributed by atoms with Gasteiger partial charge in [-0.05, 0) is 42.6 Å². The van der Waals surface area contributed by atoms with Crippen LogP contribution in [0.5, 0.6) is 0 Å². The van der Waals surface area contributed by atoms with E-state index >= 15 is 0 Å². The molecule has 0 aliphatic carbocycles. The summed E-state index contributed by atoms with van der Waals surface area (Å²) < 4.78 is 58.4. The van der Waals surface area contributed by atoms with Crippen LogP contribution in [0.1, 0.15) is 5.76 Å². The lowest BCUT2D eigenvalue weighted by molar-refractivity contribution is 0.400. The molecule has 0 atom stereocenters. The molecule has 0 unspecified atom stereocenters. The summed E-state index contributed by atoms with van der Waals surface area (Å²) in [4.78, 5) is -0.0350. The smallest absolute Gasteiger partial charge is 0.271 e. The Morgan fingerprint density at radius 3 is 2.28 bits per heavy atom. The normalized spacial score (nSPS) is 12.0. The highest BCUT2D eigenvalue weighted by molar-refractivity contribution is 7.94. The van der Waals surface area contributed by atoms with Crippen LogP contribution in [0.25, 0.3) is 0 Å². The van der Waals surface area contributed by atoms with E-state index in [1.807, 2.05) is 0 Å². The largest absolute Gasteiger partial charge is 0.360 e. The van der Waals surface area contributed by atoms with E-state index < -0.39 is 20.0 Å². The van der Waals surface area contributed by atoms with Crippen molar-refractivity contribution < 1.29 is 21.4 Å². The molecule has 0 aliphatic heterocycles. The molecule has 0 radical (unpaired) electrons. The van der Waals surface area contributed by atoms with Gasteiger partial charge in [0.25, 0.3) is 20.0 Å². The van der Waals surface area contributed by atoms with Crippen molar-refractivity contribution in [3.63, 3.8) is 0 Å². The lowest BCUT2D eigenvalue weighted by atomic mass is 10.3. The Labute approximate surface area is 148 Å². The Morgan fingerprint density at radius 2 is 1.72 bits per heavy atom. The van der Waals surface area contributed by atoms with Gasteiger partial charge in [-0.3, -0.25) is 9.44 Å². The molecule has 8 nitrogen and oxygen atoms in total. The lowest BCUT2D eigenvalue weighted by Gasteiger charge is -2.08. The van der Waals surface area contributed by atoms with Crippen LogP contribution in [0.3, 0.4) is 0 Å². The zero-order valence-electron chi connectivity index (χ0n) is 12.8. The van der Waals surface area contributed by atoms with Crippen molar-refractivity contribution in [1.29, 1.82) is 0 Å². The van der Waals surface area contributed by atoms with Crippen molar-refractivity contribution in [2.24, 2.45) is 0 Å². The Balaban J connectivity index is 1.78. The van der Waals surface area contributed by atoms with Gasteiger partial charge in [0, 0.05) is 11.8 Å². The summed E-state index contributed by atoms with van der Waals surface area (Å²) in [5.74, 6) is 0.538. The van der Waals surface area contributed by atoms with Gasteiger partial charge in [0.15, 0.2) is 5.82 Å². The molecule has 0 spiro atoms. The molecule has 3 aromatic rings. The second-order valence-electron chi connectivity index (χ2n) is 4.99. The zero-order valence-corrected chi connectivity index (χ0v) is 15.3. The van der Waals surface area contributed by atoms with E-state index in [9.17, 15) is 16.8 Å². The molecule has 132 valence electrons. The van der Waals surface area contributed by atoms with Crippen LogP contribution in [0.2, 0.25) is 0 Å². The molecule has 0 bridgehead atoms. The molecule has 3 rings (SSSR count). The first-order valence-corrected chi connectivity index (χ1v) is 10.7. The molecular weight excluding hydrogens is 386 g/mol. The number of sulfonamides is 2. The van der Waals surface area contributed by atoms with E-state index in [1.54, 1.807) is 18.4 Å². The maximum atomic E-state index is 12.3. The molecular formula is C14H13N3O5S3. The maximum absolute atomic E-state index is 12.3. The van der Waals surface area contributed by atoms with E-state index in [-0.39, 0.29) is 20.6 Å². The molecule has 11 heteroatoms. The minimum Gasteiger partial charge on any atom is -0.360 e. The van der Waals surface area contributed by atoms with Gasteiger partial charge in [-0.2, -0.15) is 0 Å². The maximum Gasteiger partial charge on any atom is 0.271 e. The molecule has 1 aromatic carbocycles. The number of benzene rings is 1. The summed E-state index contributed by atoms with van der Waals surface area (Å²) in [6, 6.07) is 9.88. The first kappa shape index (κ1) is 17.5. The van der Waals surface area contributed by atoms with E-state index in [4.69, 9.17) is 4.52 Å². The minimum atomic E-state index is -3.85. The van der Waals surface area contributed by atoms with Gasteiger partial charge in [-0.1, -0.05) is 11.2 Å². The number of aromatic nitrogens is 1. The first-order valence-electron chi connectivity index (χ1n) is 6.89. The summed E-state index contributed by atoms with van der Waals surface area (Å²) in [6.07, 6.45) is 0. The van der Waals surface area contributed by atoms with Crippen molar-refractivity contribution in [2.45, 2.75) is 16.0 Å². The molecule has 0 saturated carbocycles. The summed E-state index contributed by atoms with van der Waals surface area (Å²) in [7, 11) is -7.53. The fraction of sp³-hybridized carbons (Fsp3) is 0.0714. The van der Waals surface area contributed by atoms with Crippen LogP contribution in [-0.2, 0) is 20.0 Å². The number of rotatable bonds is 6. The van der Waals surface area contributed by atoms with E-state index in [1.165, 1.54) is 36.4 Å². The van der Waals surface area contributed by atoms with Crippen LogP contribution in [-0.4, -0.2) is 22.0 Å². The number of anilines is 2. The van der Waals surface area contributed by atoms with E-state index in [0.717, 1.165) is 11.3 Å². The van der Waals surface area contributed by atoms with Crippen LogP contribution < -0.4 is 9.44 Å². The third-order valence-electron chi connectivity index (χ3n) is 3.04. The molecule has 0 aliphatic rings. The minimum absolute atomic E-state index is 0.0350. The first-order chi connectivity index (χ1) is 11.8. The molecule has 2 N–H and O–H groups in total. The van der Waals surface area contributed by atoms with Crippen LogP contribution >= 0.6 is 11.3 Å². The Kier molecular flexibility index (Phi) is 4.54. The number of nitrogens with one attached hydrogen (secondary N) is 2. The second-order valence-corrected chi connectivity index (χ2v) is 9.53. The highest BCUT2D eigenvalue weighted by atomic mass is 32.2. The van der Waals surface area contributed by atoms with Gasteiger partial charge in [-0.25, -0.2) is 16.8 Å². The number of nitrogens with zero attached hydrogens (tertiary/aromatic N) is 1. The summed E-state index contributed by atoms with van der Waals surface area (Å²) >= 11 is 1.09. The van der Waals surface area contributed by atoms with Gasteiger partial charge in [-0.15, -0.1) is 11.3 Å². The Morgan fingerprint density at radius 1 is 1.00 bits per heavy atom. The van der Waals surface area contributed by atoms with E-state index in [0.29, 0.717) is 5.76 Å². The number of hydrogen-bond acceptors (Lipinski definition) is 7. The van der Waals surface area contributed by atoms with Crippen LogP contribution in [0.4, 0.5) is 11.5 Å². The van der Waals surface area contributed by atoms with Gasteiger partial charge in [0.05, 0.1) is 4.90 Å². The quantitative estimate of drug-likeness (QED) is 0.658. The van der Waals surface area contributed by atoms with Gasteiger partial charge < -0.3 is 4.52 Å². The zero-order chi connectivity index (χ0) is 18.1. The highest BCUT2D eigenvalue weighted by Crippen LogP contribution is 2.22. The predicted octanol–water partition coefficient (Wildman–Crippen LogP) is 2.65. The molecule has 2 aromatic heterocycles. The average Bonchev–Trinajstić information content (AvgIpc) is 3.19. The van der Waals surface area contributed by atoms with Crippen molar-refractivity contribution in [3.8, 4) is 0 Å². The Hall–Kier alpha value is -2.37. The fourth-order valence-corrected chi connectivity index (χ4v) is 4.97. The summed E-state index contributed by atoms with van der Waals surface area (Å²) in [5.41, 5.74) is 0.254.